The van der Waals surface area contributed by atoms with Crippen LogP contribution in [0.3, 0.4) is 0 Å². The topological polar surface area (TPSA) is 0 Å². The van der Waals surface area contributed by atoms with Gasteiger partial charge >= 0.3 is 0 Å². The molecule has 0 aromatic heterocycles. The SMILES string of the molecule is CC(C)(C)/C=C/C(C(c1ccccc1)c1ccccc1)C(C)(C)C. The lowest BCUT2D eigenvalue weighted by atomic mass is 9.67. The average Bonchev–Trinajstić information content (AvgIpc) is 2.51. The van der Waals surface area contributed by atoms with Crippen molar-refractivity contribution in [2.24, 2.45) is 16.7 Å². The fourth-order valence-electron chi connectivity index (χ4n) is 3.22. The molecule has 0 heteroatoms. The Balaban J connectivity index is 2.56. The first-order valence-electron chi connectivity index (χ1n) is 8.98. The van der Waals surface area contributed by atoms with Gasteiger partial charge in [0.1, 0.15) is 0 Å². The number of allylic oxidation sites excluding steroid dienone is 2. The minimum absolute atomic E-state index is 0.179. The summed E-state index contributed by atoms with van der Waals surface area (Å²) >= 11 is 0. The Labute approximate surface area is 148 Å². The maximum Gasteiger partial charge on any atom is 0.0157 e. The normalized spacial score (nSPS) is 14.3. The van der Waals surface area contributed by atoms with Gasteiger partial charge in [0, 0.05) is 5.92 Å². The molecule has 0 aliphatic heterocycles. The number of hydrogen-bond acceptors (Lipinski definition) is 0. The van der Waals surface area contributed by atoms with E-state index in [9.17, 15) is 0 Å². The fourth-order valence-corrected chi connectivity index (χ4v) is 3.22. The number of rotatable bonds is 4. The lowest BCUT2D eigenvalue weighted by Crippen LogP contribution is -2.26. The van der Waals surface area contributed by atoms with Crippen LogP contribution in [-0.2, 0) is 0 Å². The molecule has 0 radical (unpaired) electrons. The zero-order valence-corrected chi connectivity index (χ0v) is 16.1. The summed E-state index contributed by atoms with van der Waals surface area (Å²) in [6.45, 7) is 13.9. The molecule has 0 spiro atoms. The molecular weight excluding hydrogens is 288 g/mol. The van der Waals surface area contributed by atoms with Crippen LogP contribution >= 0.6 is 0 Å². The van der Waals surface area contributed by atoms with E-state index in [4.69, 9.17) is 0 Å². The van der Waals surface area contributed by atoms with Gasteiger partial charge in [-0.05, 0) is 27.9 Å². The Morgan fingerprint density at radius 3 is 1.42 bits per heavy atom. The van der Waals surface area contributed by atoms with Gasteiger partial charge in [-0.25, -0.2) is 0 Å². The van der Waals surface area contributed by atoms with Crippen molar-refractivity contribution in [3.05, 3.63) is 83.9 Å². The molecule has 0 heterocycles. The first-order chi connectivity index (χ1) is 11.2. The molecule has 128 valence electrons. The molecule has 2 rings (SSSR count). The van der Waals surface area contributed by atoms with Crippen molar-refractivity contribution in [1.29, 1.82) is 0 Å². The van der Waals surface area contributed by atoms with E-state index < -0.39 is 0 Å². The van der Waals surface area contributed by atoms with Gasteiger partial charge in [-0.2, -0.15) is 0 Å². The Hall–Kier alpha value is -1.82. The Kier molecular flexibility index (Phi) is 5.70. The van der Waals surface area contributed by atoms with E-state index >= 15 is 0 Å². The van der Waals surface area contributed by atoms with E-state index in [1.807, 2.05) is 0 Å². The second kappa shape index (κ2) is 7.38. The zero-order valence-electron chi connectivity index (χ0n) is 16.1. The van der Waals surface area contributed by atoms with E-state index in [-0.39, 0.29) is 10.8 Å². The van der Waals surface area contributed by atoms with Gasteiger partial charge in [0.2, 0.25) is 0 Å². The van der Waals surface area contributed by atoms with Crippen molar-refractivity contribution in [2.75, 3.05) is 0 Å². The molecule has 1 unspecified atom stereocenters. The number of benzene rings is 2. The van der Waals surface area contributed by atoms with Crippen LogP contribution in [0.5, 0.6) is 0 Å². The fraction of sp³-hybridized carbons (Fsp3) is 0.417. The van der Waals surface area contributed by atoms with Crippen molar-refractivity contribution in [3.63, 3.8) is 0 Å². The van der Waals surface area contributed by atoms with Gasteiger partial charge in [-0.3, -0.25) is 0 Å². The summed E-state index contributed by atoms with van der Waals surface area (Å²) in [6.07, 6.45) is 4.83. The quantitative estimate of drug-likeness (QED) is 0.528. The summed E-state index contributed by atoms with van der Waals surface area (Å²) in [4.78, 5) is 0. The molecule has 2 aromatic rings. The van der Waals surface area contributed by atoms with Crippen LogP contribution < -0.4 is 0 Å². The van der Waals surface area contributed by atoms with Crippen LogP contribution in [0.15, 0.2) is 72.8 Å². The van der Waals surface area contributed by atoms with Crippen molar-refractivity contribution in [3.8, 4) is 0 Å². The number of hydrogen-bond donors (Lipinski definition) is 0. The highest BCUT2D eigenvalue weighted by Gasteiger charge is 2.32. The molecule has 1 atom stereocenters. The standard InChI is InChI=1S/C24H32/c1-23(2,3)18-17-21(24(4,5)6)22(19-13-9-7-10-14-19)20-15-11-8-12-16-20/h7-18,21-22H,1-6H3/b18-17+. The molecule has 0 bridgehead atoms. The van der Waals surface area contributed by atoms with Gasteiger partial charge in [-0.1, -0.05) is 114 Å². The summed E-state index contributed by atoms with van der Waals surface area (Å²) in [5.74, 6) is 0.799. The molecular formula is C24H32. The molecule has 0 nitrogen and oxygen atoms in total. The maximum absolute atomic E-state index is 2.45. The summed E-state index contributed by atoms with van der Waals surface area (Å²) in [5.41, 5.74) is 3.16. The lowest BCUT2D eigenvalue weighted by molar-refractivity contribution is 0.266. The van der Waals surface area contributed by atoms with Gasteiger partial charge in [-0.15, -0.1) is 0 Å². The van der Waals surface area contributed by atoms with Crippen molar-refractivity contribution in [1.82, 2.24) is 0 Å². The van der Waals surface area contributed by atoms with E-state index in [0.29, 0.717) is 11.8 Å². The highest BCUT2D eigenvalue weighted by atomic mass is 14.4. The second-order valence-electron chi connectivity index (χ2n) is 8.92. The molecule has 24 heavy (non-hydrogen) atoms. The Bertz CT molecular complexity index is 596. The van der Waals surface area contributed by atoms with Gasteiger partial charge in [0.25, 0.3) is 0 Å². The summed E-state index contributed by atoms with van der Waals surface area (Å²) < 4.78 is 0. The minimum Gasteiger partial charge on any atom is -0.0834 e. The first-order valence-corrected chi connectivity index (χ1v) is 8.98. The minimum atomic E-state index is 0.179. The van der Waals surface area contributed by atoms with E-state index in [1.165, 1.54) is 11.1 Å². The molecule has 0 amide bonds. The average molecular weight is 321 g/mol. The third kappa shape index (κ3) is 5.09. The predicted molar refractivity (Wildman–Crippen MR) is 106 cm³/mol. The predicted octanol–water partition coefficient (Wildman–Crippen LogP) is 7.08. The summed E-state index contributed by atoms with van der Waals surface area (Å²) in [7, 11) is 0. The molecule has 0 saturated carbocycles. The smallest absolute Gasteiger partial charge is 0.0157 e. The molecule has 0 saturated heterocycles. The van der Waals surface area contributed by atoms with E-state index in [0.717, 1.165) is 0 Å². The summed E-state index contributed by atoms with van der Waals surface area (Å²) in [5, 5.41) is 0. The van der Waals surface area contributed by atoms with Crippen molar-refractivity contribution < 1.29 is 0 Å². The van der Waals surface area contributed by atoms with Gasteiger partial charge in [0.05, 0.1) is 0 Å². The zero-order chi connectivity index (χ0) is 17.8. The largest absolute Gasteiger partial charge is 0.0834 e. The third-order valence-electron chi connectivity index (χ3n) is 4.48. The second-order valence-corrected chi connectivity index (χ2v) is 8.92. The van der Waals surface area contributed by atoms with Crippen LogP contribution in [0, 0.1) is 16.7 Å². The molecule has 0 N–H and O–H groups in total. The van der Waals surface area contributed by atoms with E-state index in [2.05, 4.69) is 114 Å². The van der Waals surface area contributed by atoms with Crippen LogP contribution in [0.4, 0.5) is 0 Å². The van der Waals surface area contributed by atoms with Crippen LogP contribution in [-0.4, -0.2) is 0 Å². The van der Waals surface area contributed by atoms with Crippen molar-refractivity contribution >= 4 is 0 Å². The van der Waals surface area contributed by atoms with E-state index in [1.54, 1.807) is 0 Å². The maximum atomic E-state index is 2.45. The first kappa shape index (κ1) is 18.5. The third-order valence-corrected chi connectivity index (χ3v) is 4.48. The van der Waals surface area contributed by atoms with Crippen molar-refractivity contribution in [2.45, 2.75) is 47.5 Å². The van der Waals surface area contributed by atoms with Crippen LogP contribution in [0.1, 0.15) is 58.6 Å². The Morgan fingerprint density at radius 2 is 1.08 bits per heavy atom. The van der Waals surface area contributed by atoms with Gasteiger partial charge in [0.15, 0.2) is 0 Å². The molecule has 2 aromatic carbocycles. The highest BCUT2D eigenvalue weighted by Crippen LogP contribution is 2.43. The van der Waals surface area contributed by atoms with Gasteiger partial charge < -0.3 is 0 Å². The molecule has 0 aliphatic carbocycles. The molecule has 0 aliphatic rings. The monoisotopic (exact) mass is 320 g/mol. The van der Waals surface area contributed by atoms with Crippen LogP contribution in [0.25, 0.3) is 0 Å². The lowest BCUT2D eigenvalue weighted by Gasteiger charge is -2.36. The summed E-state index contributed by atoms with van der Waals surface area (Å²) in [6, 6.07) is 21.9. The van der Waals surface area contributed by atoms with Crippen LogP contribution in [0.2, 0.25) is 0 Å². The molecule has 0 fully saturated rings. The Morgan fingerprint density at radius 1 is 0.667 bits per heavy atom. The highest BCUT2D eigenvalue weighted by molar-refractivity contribution is 5.35.